The van der Waals surface area contributed by atoms with Crippen LogP contribution in [0.4, 0.5) is 0 Å². The zero-order chi connectivity index (χ0) is 12.1. The van der Waals surface area contributed by atoms with Crippen molar-refractivity contribution in [1.29, 1.82) is 0 Å². The fourth-order valence-corrected chi connectivity index (χ4v) is 1.96. The van der Waals surface area contributed by atoms with Gasteiger partial charge in [0.05, 0.1) is 19.8 Å². The molecule has 1 amide bonds. The molecule has 0 aromatic heterocycles. The molecule has 1 aromatic rings. The van der Waals surface area contributed by atoms with E-state index in [0.29, 0.717) is 19.8 Å². The molecule has 2 rings (SSSR count). The van der Waals surface area contributed by atoms with Gasteiger partial charge in [-0.15, -0.1) is 0 Å². The highest BCUT2D eigenvalue weighted by Gasteiger charge is 2.20. The van der Waals surface area contributed by atoms with Crippen molar-refractivity contribution in [2.45, 2.75) is 13.5 Å². The summed E-state index contributed by atoms with van der Waals surface area (Å²) in [6, 6.07) is 10.0. The lowest BCUT2D eigenvalue weighted by Crippen LogP contribution is -2.50. The van der Waals surface area contributed by atoms with E-state index in [9.17, 15) is 4.79 Å². The number of carbonyl (C=O) groups is 1. The fourth-order valence-electron chi connectivity index (χ4n) is 1.96. The average Bonchev–Trinajstić information content (AvgIpc) is 2.38. The highest BCUT2D eigenvalue weighted by Crippen LogP contribution is 2.10. The largest absolute Gasteiger partial charge is 0.379 e. The minimum Gasteiger partial charge on any atom is -0.379 e. The maximum Gasteiger partial charge on any atom is 0.234 e. The topological polar surface area (TPSA) is 32.8 Å². The van der Waals surface area contributed by atoms with E-state index < -0.39 is 0 Å². The molecule has 0 radical (unpaired) electrons. The van der Waals surface area contributed by atoms with Gasteiger partial charge in [-0.1, -0.05) is 30.3 Å². The van der Waals surface area contributed by atoms with E-state index in [-0.39, 0.29) is 5.91 Å². The Morgan fingerprint density at radius 1 is 1.29 bits per heavy atom. The molecule has 1 fully saturated rings. The molecule has 0 aliphatic carbocycles. The monoisotopic (exact) mass is 234 g/mol. The van der Waals surface area contributed by atoms with Crippen LogP contribution >= 0.6 is 0 Å². The van der Waals surface area contributed by atoms with E-state index in [2.05, 4.69) is 5.01 Å². The lowest BCUT2D eigenvalue weighted by molar-refractivity contribution is -0.156. The number of benzene rings is 1. The van der Waals surface area contributed by atoms with Crippen molar-refractivity contribution in [3.63, 3.8) is 0 Å². The van der Waals surface area contributed by atoms with E-state index in [1.807, 2.05) is 30.3 Å². The first-order valence-electron chi connectivity index (χ1n) is 5.92. The minimum absolute atomic E-state index is 0.0794. The van der Waals surface area contributed by atoms with Gasteiger partial charge < -0.3 is 4.74 Å². The van der Waals surface area contributed by atoms with E-state index in [0.717, 1.165) is 18.7 Å². The average molecular weight is 234 g/mol. The van der Waals surface area contributed by atoms with Crippen molar-refractivity contribution in [2.75, 3.05) is 26.3 Å². The van der Waals surface area contributed by atoms with Crippen molar-refractivity contribution in [3.05, 3.63) is 35.9 Å². The van der Waals surface area contributed by atoms with Crippen molar-refractivity contribution in [1.82, 2.24) is 10.0 Å². The number of amides is 1. The summed E-state index contributed by atoms with van der Waals surface area (Å²) in [5, 5.41) is 3.87. The molecule has 0 saturated carbocycles. The Labute approximate surface area is 102 Å². The minimum atomic E-state index is 0.0794. The van der Waals surface area contributed by atoms with Crippen LogP contribution in [-0.2, 0) is 16.1 Å². The third-order valence-electron chi connectivity index (χ3n) is 2.87. The quantitative estimate of drug-likeness (QED) is 0.790. The smallest absolute Gasteiger partial charge is 0.234 e. The van der Waals surface area contributed by atoms with Gasteiger partial charge in [0.25, 0.3) is 0 Å². The van der Waals surface area contributed by atoms with E-state index in [1.165, 1.54) is 0 Å². The van der Waals surface area contributed by atoms with Gasteiger partial charge in [-0.25, -0.2) is 5.01 Å². The van der Waals surface area contributed by atoms with Gasteiger partial charge in [0.1, 0.15) is 0 Å². The van der Waals surface area contributed by atoms with Crippen LogP contribution in [0.3, 0.4) is 0 Å². The second-order valence-electron chi connectivity index (χ2n) is 4.13. The first-order valence-corrected chi connectivity index (χ1v) is 5.92. The van der Waals surface area contributed by atoms with Crippen molar-refractivity contribution in [3.8, 4) is 0 Å². The molecule has 0 N–H and O–H groups in total. The molecule has 0 atom stereocenters. The lowest BCUT2D eigenvalue weighted by atomic mass is 10.2. The van der Waals surface area contributed by atoms with Crippen molar-refractivity contribution >= 4 is 5.91 Å². The van der Waals surface area contributed by atoms with Gasteiger partial charge in [-0.2, -0.15) is 0 Å². The standard InChI is InChI=1S/C13H18N2O2/c1-12(16)15(14-7-9-17-10-8-14)11-13-5-3-2-4-6-13/h2-6H,7-11H2,1H3. The summed E-state index contributed by atoms with van der Waals surface area (Å²) in [6.45, 7) is 5.20. The molecule has 17 heavy (non-hydrogen) atoms. The number of hydrogen-bond donors (Lipinski definition) is 0. The van der Waals surface area contributed by atoms with Crippen LogP contribution in [-0.4, -0.2) is 42.2 Å². The molecular formula is C13H18N2O2. The number of hydrogen-bond acceptors (Lipinski definition) is 3. The second-order valence-corrected chi connectivity index (χ2v) is 4.13. The predicted octanol–water partition coefficient (Wildman–Crippen LogP) is 1.28. The van der Waals surface area contributed by atoms with E-state index >= 15 is 0 Å². The van der Waals surface area contributed by atoms with Gasteiger partial charge in [0.2, 0.25) is 5.91 Å². The van der Waals surface area contributed by atoms with Crippen LogP contribution in [0.5, 0.6) is 0 Å². The molecule has 4 heteroatoms. The summed E-state index contributed by atoms with van der Waals surface area (Å²) in [6.07, 6.45) is 0. The molecule has 1 aliphatic rings. The van der Waals surface area contributed by atoms with Gasteiger partial charge >= 0.3 is 0 Å². The van der Waals surface area contributed by atoms with Crippen LogP contribution in [0.25, 0.3) is 0 Å². The van der Waals surface area contributed by atoms with Gasteiger partial charge in [0, 0.05) is 20.0 Å². The van der Waals surface area contributed by atoms with Gasteiger partial charge in [-0.3, -0.25) is 9.80 Å². The molecule has 1 heterocycles. The number of ether oxygens (including phenoxy) is 1. The number of carbonyl (C=O) groups excluding carboxylic acids is 1. The van der Waals surface area contributed by atoms with Gasteiger partial charge in [-0.05, 0) is 5.56 Å². The summed E-state index contributed by atoms with van der Waals surface area (Å²) in [5.74, 6) is 0.0794. The zero-order valence-electron chi connectivity index (χ0n) is 10.1. The summed E-state index contributed by atoms with van der Waals surface area (Å²) in [5.41, 5.74) is 1.15. The van der Waals surface area contributed by atoms with Crippen LogP contribution in [0.1, 0.15) is 12.5 Å². The Kier molecular flexibility index (Phi) is 4.12. The van der Waals surface area contributed by atoms with Crippen LogP contribution in [0, 0.1) is 0 Å². The normalized spacial score (nSPS) is 16.8. The molecule has 4 nitrogen and oxygen atoms in total. The van der Waals surface area contributed by atoms with Crippen molar-refractivity contribution in [2.24, 2.45) is 0 Å². The number of rotatable bonds is 3. The summed E-state index contributed by atoms with van der Waals surface area (Å²) in [7, 11) is 0. The number of nitrogens with zero attached hydrogens (tertiary/aromatic N) is 2. The number of hydrazine groups is 1. The van der Waals surface area contributed by atoms with Gasteiger partial charge in [0.15, 0.2) is 0 Å². The Morgan fingerprint density at radius 2 is 1.94 bits per heavy atom. The summed E-state index contributed by atoms with van der Waals surface area (Å²) < 4.78 is 5.30. The maximum absolute atomic E-state index is 11.7. The molecule has 0 bridgehead atoms. The van der Waals surface area contributed by atoms with E-state index in [4.69, 9.17) is 4.74 Å². The highest BCUT2D eigenvalue weighted by atomic mass is 16.5. The molecule has 1 saturated heterocycles. The first-order chi connectivity index (χ1) is 8.27. The highest BCUT2D eigenvalue weighted by molar-refractivity contribution is 5.72. The lowest BCUT2D eigenvalue weighted by Gasteiger charge is -2.36. The molecular weight excluding hydrogens is 216 g/mol. The Balaban J connectivity index is 2.04. The third-order valence-corrected chi connectivity index (χ3v) is 2.87. The second kappa shape index (κ2) is 5.80. The Morgan fingerprint density at radius 3 is 2.53 bits per heavy atom. The summed E-state index contributed by atoms with van der Waals surface area (Å²) in [4.78, 5) is 11.7. The van der Waals surface area contributed by atoms with Crippen LogP contribution in [0.2, 0.25) is 0 Å². The Hall–Kier alpha value is -1.39. The predicted molar refractivity (Wildman–Crippen MR) is 65.1 cm³/mol. The molecule has 0 unspecified atom stereocenters. The molecule has 92 valence electrons. The molecule has 1 aliphatic heterocycles. The van der Waals surface area contributed by atoms with Crippen LogP contribution < -0.4 is 0 Å². The molecule has 0 spiro atoms. The SMILES string of the molecule is CC(=O)N(Cc1ccccc1)N1CCOCC1. The Bertz CT molecular complexity index is 361. The van der Waals surface area contributed by atoms with E-state index in [1.54, 1.807) is 11.9 Å². The number of morpholine rings is 1. The fraction of sp³-hybridized carbons (Fsp3) is 0.462. The third kappa shape index (κ3) is 3.28. The van der Waals surface area contributed by atoms with Crippen molar-refractivity contribution < 1.29 is 9.53 Å². The maximum atomic E-state index is 11.7. The summed E-state index contributed by atoms with van der Waals surface area (Å²) >= 11 is 0. The first kappa shape index (κ1) is 12.1. The molecule has 1 aromatic carbocycles. The zero-order valence-corrected chi connectivity index (χ0v) is 10.1. The van der Waals surface area contributed by atoms with Crippen LogP contribution in [0.15, 0.2) is 30.3 Å².